The zero-order valence-electron chi connectivity index (χ0n) is 13.7. The zero-order chi connectivity index (χ0) is 15.2. The van der Waals surface area contributed by atoms with E-state index in [1.54, 1.807) is 0 Å². The number of rotatable bonds is 6. The Hall–Kier alpha value is -0.380. The Morgan fingerprint density at radius 1 is 1.38 bits per heavy atom. The highest BCUT2D eigenvalue weighted by Crippen LogP contribution is 2.24. The van der Waals surface area contributed by atoms with Crippen molar-refractivity contribution in [1.82, 2.24) is 10.2 Å². The first-order chi connectivity index (χ1) is 10.1. The average Bonchev–Trinajstić information content (AvgIpc) is 2.48. The first-order valence-electron chi connectivity index (χ1n) is 8.31. The molecule has 2 nitrogen and oxygen atoms in total. The van der Waals surface area contributed by atoms with E-state index in [-0.39, 0.29) is 0 Å². The maximum atomic E-state index is 3.76. The van der Waals surface area contributed by atoms with Gasteiger partial charge in [-0.1, -0.05) is 55.3 Å². The molecular weight excluding hydrogens is 324 g/mol. The molecule has 0 amide bonds. The molecule has 1 aliphatic rings. The fourth-order valence-corrected chi connectivity index (χ4v) is 3.57. The Morgan fingerprint density at radius 2 is 2.19 bits per heavy atom. The van der Waals surface area contributed by atoms with Crippen LogP contribution in [-0.4, -0.2) is 24.0 Å². The third kappa shape index (κ3) is 5.39. The van der Waals surface area contributed by atoms with Crippen molar-refractivity contribution in [1.29, 1.82) is 0 Å². The SMILES string of the molecule is CCC1CCCN(Cc2ccc(CNC(C)C)cc2Br)C1. The summed E-state index contributed by atoms with van der Waals surface area (Å²) in [5.74, 6) is 0.895. The number of nitrogens with one attached hydrogen (secondary N) is 1. The molecule has 1 fully saturated rings. The lowest BCUT2D eigenvalue weighted by Crippen LogP contribution is -2.34. The minimum absolute atomic E-state index is 0.530. The van der Waals surface area contributed by atoms with Crippen LogP contribution in [0.1, 0.15) is 51.2 Å². The van der Waals surface area contributed by atoms with Crippen LogP contribution >= 0.6 is 15.9 Å². The third-order valence-corrected chi connectivity index (χ3v) is 5.14. The molecule has 0 aromatic heterocycles. The molecular formula is C18H29BrN2. The van der Waals surface area contributed by atoms with Crippen molar-refractivity contribution in [3.05, 3.63) is 33.8 Å². The Balaban J connectivity index is 1.94. The number of hydrogen-bond donors (Lipinski definition) is 1. The summed E-state index contributed by atoms with van der Waals surface area (Å²) >= 11 is 3.76. The van der Waals surface area contributed by atoms with E-state index in [0.717, 1.165) is 19.0 Å². The van der Waals surface area contributed by atoms with Gasteiger partial charge in [0.2, 0.25) is 0 Å². The van der Waals surface area contributed by atoms with Crippen LogP contribution in [-0.2, 0) is 13.1 Å². The molecule has 118 valence electrons. The van der Waals surface area contributed by atoms with Crippen molar-refractivity contribution in [2.45, 2.75) is 59.2 Å². The van der Waals surface area contributed by atoms with Gasteiger partial charge in [0.05, 0.1) is 0 Å². The predicted molar refractivity (Wildman–Crippen MR) is 94.4 cm³/mol. The Morgan fingerprint density at radius 3 is 2.86 bits per heavy atom. The molecule has 1 N–H and O–H groups in total. The minimum Gasteiger partial charge on any atom is -0.310 e. The number of benzene rings is 1. The molecule has 1 atom stereocenters. The van der Waals surface area contributed by atoms with E-state index in [1.807, 2.05) is 0 Å². The highest BCUT2D eigenvalue weighted by atomic mass is 79.9. The molecule has 0 saturated carbocycles. The molecule has 1 heterocycles. The van der Waals surface area contributed by atoms with Crippen LogP contribution < -0.4 is 5.32 Å². The largest absolute Gasteiger partial charge is 0.310 e. The second kappa shape index (κ2) is 8.30. The van der Waals surface area contributed by atoms with Crippen molar-refractivity contribution in [2.24, 2.45) is 5.92 Å². The first-order valence-corrected chi connectivity index (χ1v) is 9.10. The van der Waals surface area contributed by atoms with Crippen molar-refractivity contribution in [3.63, 3.8) is 0 Å². The van der Waals surface area contributed by atoms with Crippen LogP contribution in [0.15, 0.2) is 22.7 Å². The van der Waals surface area contributed by atoms with E-state index >= 15 is 0 Å². The molecule has 21 heavy (non-hydrogen) atoms. The number of halogens is 1. The smallest absolute Gasteiger partial charge is 0.0245 e. The molecule has 1 aromatic rings. The van der Waals surface area contributed by atoms with Gasteiger partial charge in [0, 0.05) is 30.1 Å². The number of nitrogens with zero attached hydrogens (tertiary/aromatic N) is 1. The second-order valence-electron chi connectivity index (χ2n) is 6.61. The van der Waals surface area contributed by atoms with Crippen LogP contribution in [0.5, 0.6) is 0 Å². The quantitative estimate of drug-likeness (QED) is 0.806. The maximum absolute atomic E-state index is 3.76. The summed E-state index contributed by atoms with van der Waals surface area (Å²) in [6.45, 7) is 11.2. The fourth-order valence-electron chi connectivity index (χ4n) is 3.02. The van der Waals surface area contributed by atoms with E-state index in [0.29, 0.717) is 6.04 Å². The summed E-state index contributed by atoms with van der Waals surface area (Å²) in [5.41, 5.74) is 2.77. The lowest BCUT2D eigenvalue weighted by molar-refractivity contribution is 0.164. The summed E-state index contributed by atoms with van der Waals surface area (Å²) in [6, 6.07) is 7.35. The Bertz CT molecular complexity index is 445. The monoisotopic (exact) mass is 352 g/mol. The Labute approximate surface area is 138 Å². The predicted octanol–water partition coefficient (Wildman–Crippen LogP) is 4.57. The molecule has 1 unspecified atom stereocenters. The van der Waals surface area contributed by atoms with E-state index in [1.165, 1.54) is 48.0 Å². The minimum atomic E-state index is 0.530. The first kappa shape index (κ1) is 17.0. The van der Waals surface area contributed by atoms with Crippen LogP contribution in [0, 0.1) is 5.92 Å². The number of piperidine rings is 1. The van der Waals surface area contributed by atoms with E-state index in [4.69, 9.17) is 0 Å². The van der Waals surface area contributed by atoms with Crippen LogP contribution in [0.4, 0.5) is 0 Å². The van der Waals surface area contributed by atoms with Gasteiger partial charge in [0.25, 0.3) is 0 Å². The lowest BCUT2D eigenvalue weighted by Gasteiger charge is -2.32. The highest BCUT2D eigenvalue weighted by Gasteiger charge is 2.19. The van der Waals surface area contributed by atoms with Gasteiger partial charge < -0.3 is 5.32 Å². The summed E-state index contributed by atoms with van der Waals surface area (Å²) < 4.78 is 1.25. The molecule has 2 rings (SSSR count). The van der Waals surface area contributed by atoms with Gasteiger partial charge >= 0.3 is 0 Å². The number of likely N-dealkylation sites (tertiary alicyclic amines) is 1. The van der Waals surface area contributed by atoms with Crippen molar-refractivity contribution < 1.29 is 0 Å². The maximum Gasteiger partial charge on any atom is 0.0245 e. The highest BCUT2D eigenvalue weighted by molar-refractivity contribution is 9.10. The third-order valence-electron chi connectivity index (χ3n) is 4.41. The van der Waals surface area contributed by atoms with Gasteiger partial charge in [-0.25, -0.2) is 0 Å². The van der Waals surface area contributed by atoms with Gasteiger partial charge in [-0.3, -0.25) is 4.90 Å². The second-order valence-corrected chi connectivity index (χ2v) is 7.47. The van der Waals surface area contributed by atoms with E-state index < -0.39 is 0 Å². The molecule has 0 radical (unpaired) electrons. The van der Waals surface area contributed by atoms with E-state index in [2.05, 4.69) is 65.1 Å². The molecule has 3 heteroatoms. The Kier molecular flexibility index (Phi) is 6.72. The molecule has 0 bridgehead atoms. The lowest BCUT2D eigenvalue weighted by atomic mass is 9.95. The summed E-state index contributed by atoms with van der Waals surface area (Å²) in [7, 11) is 0. The topological polar surface area (TPSA) is 15.3 Å². The van der Waals surface area contributed by atoms with Crippen LogP contribution in [0.2, 0.25) is 0 Å². The molecule has 1 aromatic carbocycles. The van der Waals surface area contributed by atoms with Crippen molar-refractivity contribution in [3.8, 4) is 0 Å². The normalized spacial score (nSPS) is 20.1. The van der Waals surface area contributed by atoms with Gasteiger partial charge in [0.15, 0.2) is 0 Å². The summed E-state index contributed by atoms with van der Waals surface area (Å²) in [6.07, 6.45) is 4.08. The molecule has 1 aliphatic heterocycles. The van der Waals surface area contributed by atoms with Crippen molar-refractivity contribution >= 4 is 15.9 Å². The van der Waals surface area contributed by atoms with Crippen LogP contribution in [0.25, 0.3) is 0 Å². The van der Waals surface area contributed by atoms with Gasteiger partial charge in [0.1, 0.15) is 0 Å². The average molecular weight is 353 g/mol. The van der Waals surface area contributed by atoms with E-state index in [9.17, 15) is 0 Å². The summed E-state index contributed by atoms with van der Waals surface area (Å²) in [5, 5.41) is 3.47. The number of hydrogen-bond acceptors (Lipinski definition) is 2. The summed E-state index contributed by atoms with van der Waals surface area (Å²) in [4.78, 5) is 2.61. The van der Waals surface area contributed by atoms with Crippen molar-refractivity contribution in [2.75, 3.05) is 13.1 Å². The van der Waals surface area contributed by atoms with Gasteiger partial charge in [-0.2, -0.15) is 0 Å². The molecule has 0 spiro atoms. The molecule has 0 aliphatic carbocycles. The van der Waals surface area contributed by atoms with Crippen LogP contribution in [0.3, 0.4) is 0 Å². The fraction of sp³-hybridized carbons (Fsp3) is 0.667. The van der Waals surface area contributed by atoms with Gasteiger partial charge in [-0.05, 0) is 42.5 Å². The van der Waals surface area contributed by atoms with Gasteiger partial charge in [-0.15, -0.1) is 0 Å². The zero-order valence-corrected chi connectivity index (χ0v) is 15.2. The standard InChI is InChI=1S/C18H29BrN2/c1-4-15-6-5-9-21(12-15)13-17-8-7-16(10-18(17)19)11-20-14(2)3/h7-8,10,14-15,20H,4-6,9,11-13H2,1-3H3. The molecule has 1 saturated heterocycles.